The van der Waals surface area contributed by atoms with E-state index in [1.54, 1.807) is 13.0 Å². The fraction of sp³-hybridized carbons (Fsp3) is 0.278. The van der Waals surface area contributed by atoms with Gasteiger partial charge in [-0.3, -0.25) is 4.79 Å². The van der Waals surface area contributed by atoms with Crippen molar-refractivity contribution in [3.8, 4) is 5.75 Å². The van der Waals surface area contributed by atoms with E-state index in [1.165, 1.54) is 12.1 Å². The number of hydrogen-bond donors (Lipinski definition) is 1. The molecule has 0 aliphatic heterocycles. The Labute approximate surface area is 139 Å². The summed E-state index contributed by atoms with van der Waals surface area (Å²) in [7, 11) is 0. The smallest absolute Gasteiger partial charge is 0.387 e. The molecule has 0 fully saturated rings. The quantitative estimate of drug-likeness (QED) is 0.797. The van der Waals surface area contributed by atoms with Gasteiger partial charge in [0, 0.05) is 24.3 Å². The normalized spacial score (nSPS) is 10.7. The van der Waals surface area contributed by atoms with E-state index in [2.05, 4.69) is 10.1 Å². The summed E-state index contributed by atoms with van der Waals surface area (Å²) in [5.41, 5.74) is 2.03. The van der Waals surface area contributed by atoms with Crippen LogP contribution in [0.1, 0.15) is 18.1 Å². The van der Waals surface area contributed by atoms with Gasteiger partial charge in [-0.05, 0) is 30.7 Å². The standard InChI is InChI=1S/C18H19F2NO3/c1-2-23-12-17(22)21-15-8-9-16(24-18(19)20)14(11-15)10-13-6-4-3-5-7-13/h3-9,11,18H,2,10,12H2,1H3,(H,21,22). The first-order chi connectivity index (χ1) is 11.6. The van der Waals surface area contributed by atoms with Crippen molar-refractivity contribution in [1.29, 1.82) is 0 Å². The highest BCUT2D eigenvalue weighted by molar-refractivity contribution is 5.91. The average molecular weight is 335 g/mol. The number of carbonyl (C=O) groups excluding carboxylic acids is 1. The summed E-state index contributed by atoms with van der Waals surface area (Å²) in [6.07, 6.45) is 0.415. The van der Waals surface area contributed by atoms with Gasteiger partial charge in [0.15, 0.2) is 0 Å². The van der Waals surface area contributed by atoms with Gasteiger partial charge in [0.2, 0.25) is 5.91 Å². The van der Waals surface area contributed by atoms with Gasteiger partial charge in [0.25, 0.3) is 0 Å². The van der Waals surface area contributed by atoms with Gasteiger partial charge in [0.05, 0.1) is 0 Å². The molecule has 0 saturated heterocycles. The molecule has 24 heavy (non-hydrogen) atoms. The minimum Gasteiger partial charge on any atom is -0.435 e. The third-order valence-electron chi connectivity index (χ3n) is 3.23. The molecule has 0 radical (unpaired) electrons. The third-order valence-corrected chi connectivity index (χ3v) is 3.23. The highest BCUT2D eigenvalue weighted by Crippen LogP contribution is 2.27. The predicted octanol–water partition coefficient (Wildman–Crippen LogP) is 3.85. The molecule has 0 atom stereocenters. The number of benzene rings is 2. The van der Waals surface area contributed by atoms with Gasteiger partial charge >= 0.3 is 6.61 Å². The molecular weight excluding hydrogens is 316 g/mol. The molecule has 4 nitrogen and oxygen atoms in total. The first kappa shape index (κ1) is 17.9. The van der Waals surface area contributed by atoms with Crippen LogP contribution in [0.2, 0.25) is 0 Å². The Kier molecular flexibility index (Phi) is 6.69. The molecule has 2 rings (SSSR count). The number of rotatable bonds is 8. The zero-order chi connectivity index (χ0) is 17.4. The molecule has 2 aromatic carbocycles. The molecule has 2 aromatic rings. The number of hydrogen-bond acceptors (Lipinski definition) is 3. The summed E-state index contributed by atoms with van der Waals surface area (Å²) < 4.78 is 34.8. The summed E-state index contributed by atoms with van der Waals surface area (Å²) in [6, 6.07) is 14.0. The molecule has 0 heterocycles. The third kappa shape index (κ3) is 5.62. The molecule has 0 bridgehead atoms. The first-order valence-electron chi connectivity index (χ1n) is 7.57. The maximum absolute atomic E-state index is 12.6. The Balaban J connectivity index is 2.19. The van der Waals surface area contributed by atoms with E-state index in [1.807, 2.05) is 30.3 Å². The van der Waals surface area contributed by atoms with Crippen LogP contribution in [0, 0.1) is 0 Å². The van der Waals surface area contributed by atoms with Crippen LogP contribution in [0.5, 0.6) is 5.75 Å². The second kappa shape index (κ2) is 8.98. The van der Waals surface area contributed by atoms with E-state index in [9.17, 15) is 13.6 Å². The van der Waals surface area contributed by atoms with Gasteiger partial charge in [-0.1, -0.05) is 30.3 Å². The van der Waals surface area contributed by atoms with Crippen LogP contribution in [0.25, 0.3) is 0 Å². The molecule has 1 N–H and O–H groups in total. The van der Waals surface area contributed by atoms with Crippen molar-refractivity contribution >= 4 is 11.6 Å². The zero-order valence-corrected chi connectivity index (χ0v) is 13.3. The van der Waals surface area contributed by atoms with E-state index in [0.29, 0.717) is 24.3 Å². The minimum absolute atomic E-state index is 0.0557. The van der Waals surface area contributed by atoms with Crippen molar-refractivity contribution < 1.29 is 23.0 Å². The highest BCUT2D eigenvalue weighted by atomic mass is 19.3. The van der Waals surface area contributed by atoms with Crippen LogP contribution in [-0.2, 0) is 16.0 Å². The van der Waals surface area contributed by atoms with Crippen LogP contribution in [-0.4, -0.2) is 25.7 Å². The molecule has 0 unspecified atom stereocenters. The number of nitrogens with one attached hydrogen (secondary N) is 1. The van der Waals surface area contributed by atoms with Crippen molar-refractivity contribution in [2.24, 2.45) is 0 Å². The molecule has 128 valence electrons. The number of anilines is 1. The van der Waals surface area contributed by atoms with E-state index >= 15 is 0 Å². The van der Waals surface area contributed by atoms with E-state index in [0.717, 1.165) is 5.56 Å². The Morgan fingerprint density at radius 1 is 1.17 bits per heavy atom. The van der Waals surface area contributed by atoms with E-state index in [-0.39, 0.29) is 18.3 Å². The van der Waals surface area contributed by atoms with E-state index < -0.39 is 6.61 Å². The molecule has 0 aromatic heterocycles. The number of alkyl halides is 2. The summed E-state index contributed by atoms with van der Waals surface area (Å²) in [5, 5.41) is 2.68. The van der Waals surface area contributed by atoms with Crippen LogP contribution in [0.15, 0.2) is 48.5 Å². The molecule has 0 aliphatic rings. The van der Waals surface area contributed by atoms with Gasteiger partial charge < -0.3 is 14.8 Å². The van der Waals surface area contributed by atoms with Crippen LogP contribution in [0.3, 0.4) is 0 Å². The number of halogens is 2. The van der Waals surface area contributed by atoms with Crippen molar-refractivity contribution in [3.63, 3.8) is 0 Å². The fourth-order valence-electron chi connectivity index (χ4n) is 2.21. The molecule has 0 aliphatic carbocycles. The summed E-state index contributed by atoms with van der Waals surface area (Å²) in [6.45, 7) is -0.729. The average Bonchev–Trinajstić information content (AvgIpc) is 2.56. The van der Waals surface area contributed by atoms with Crippen molar-refractivity contribution in [1.82, 2.24) is 0 Å². The van der Waals surface area contributed by atoms with E-state index in [4.69, 9.17) is 4.74 Å². The largest absolute Gasteiger partial charge is 0.435 e. The van der Waals surface area contributed by atoms with Crippen LogP contribution < -0.4 is 10.1 Å². The molecule has 0 spiro atoms. The monoisotopic (exact) mass is 335 g/mol. The SMILES string of the molecule is CCOCC(=O)Nc1ccc(OC(F)F)c(Cc2ccccc2)c1. The van der Waals surface area contributed by atoms with Crippen LogP contribution >= 0.6 is 0 Å². The number of ether oxygens (including phenoxy) is 2. The van der Waals surface area contributed by atoms with Crippen molar-refractivity contribution in [3.05, 3.63) is 59.7 Å². The molecule has 0 saturated carbocycles. The molecular formula is C18H19F2NO3. The maximum atomic E-state index is 12.6. The lowest BCUT2D eigenvalue weighted by atomic mass is 10.0. The molecule has 1 amide bonds. The van der Waals surface area contributed by atoms with Crippen molar-refractivity contribution in [2.75, 3.05) is 18.5 Å². The molecule has 6 heteroatoms. The van der Waals surface area contributed by atoms with Gasteiger partial charge in [-0.15, -0.1) is 0 Å². The summed E-state index contributed by atoms with van der Waals surface area (Å²) in [4.78, 5) is 11.7. The Morgan fingerprint density at radius 3 is 2.58 bits per heavy atom. The zero-order valence-electron chi connectivity index (χ0n) is 13.3. The Bertz CT molecular complexity index is 663. The lowest BCUT2D eigenvalue weighted by Gasteiger charge is -2.13. The Morgan fingerprint density at radius 2 is 1.92 bits per heavy atom. The number of carbonyl (C=O) groups is 1. The Hall–Kier alpha value is -2.47. The lowest BCUT2D eigenvalue weighted by molar-refractivity contribution is -0.120. The van der Waals surface area contributed by atoms with Gasteiger partial charge in [-0.25, -0.2) is 0 Å². The predicted molar refractivity (Wildman–Crippen MR) is 87.4 cm³/mol. The first-order valence-corrected chi connectivity index (χ1v) is 7.57. The van der Waals surface area contributed by atoms with Crippen molar-refractivity contribution in [2.45, 2.75) is 20.0 Å². The lowest BCUT2D eigenvalue weighted by Crippen LogP contribution is -2.18. The minimum atomic E-state index is -2.90. The second-order valence-electron chi connectivity index (χ2n) is 5.05. The maximum Gasteiger partial charge on any atom is 0.387 e. The van der Waals surface area contributed by atoms with Gasteiger partial charge in [0.1, 0.15) is 12.4 Å². The fourth-order valence-corrected chi connectivity index (χ4v) is 2.21. The van der Waals surface area contributed by atoms with Crippen LogP contribution in [0.4, 0.5) is 14.5 Å². The highest BCUT2D eigenvalue weighted by Gasteiger charge is 2.12. The second-order valence-corrected chi connectivity index (χ2v) is 5.05. The summed E-state index contributed by atoms with van der Waals surface area (Å²) >= 11 is 0. The van der Waals surface area contributed by atoms with Gasteiger partial charge in [-0.2, -0.15) is 8.78 Å². The number of amides is 1. The topological polar surface area (TPSA) is 47.6 Å². The summed E-state index contributed by atoms with van der Waals surface area (Å²) in [5.74, 6) is -0.207.